The van der Waals surface area contributed by atoms with Crippen LogP contribution >= 0.6 is 0 Å². The Kier molecular flexibility index (Phi) is 7.27. The van der Waals surface area contributed by atoms with Gasteiger partial charge in [0.05, 0.1) is 24.1 Å². The number of nitrogens with zero attached hydrogens (tertiary/aromatic N) is 5. The molecule has 1 aromatic carbocycles. The average Bonchev–Trinajstić information content (AvgIpc) is 3.54. The molecule has 0 saturated carbocycles. The van der Waals surface area contributed by atoms with Gasteiger partial charge in [-0.15, -0.1) is 0 Å². The summed E-state index contributed by atoms with van der Waals surface area (Å²) in [5.41, 5.74) is 9.30. The molecule has 2 aliphatic rings. The van der Waals surface area contributed by atoms with E-state index in [0.717, 1.165) is 37.2 Å². The van der Waals surface area contributed by atoms with Gasteiger partial charge in [-0.05, 0) is 30.9 Å². The highest BCUT2D eigenvalue weighted by Gasteiger charge is 2.27. The van der Waals surface area contributed by atoms with Gasteiger partial charge in [-0.2, -0.15) is 5.10 Å². The molecular weight excluding hydrogens is 490 g/mol. The summed E-state index contributed by atoms with van der Waals surface area (Å²) in [7, 11) is -3.17. The van der Waals surface area contributed by atoms with Crippen LogP contribution in [0.3, 0.4) is 0 Å². The molecule has 0 aliphatic carbocycles. The Hall–Kier alpha value is -3.28. The standard InChI is InChI=1S/C26H33N7O3S/c1-37(35,36)32-11-8-23(9-12-32)33-17-21(15-29-33)20-13-24(25(27)28-14-20)26(34)30-22-7-10-31(18-22)16-19-5-3-2-4-6-19/h2-6,13-15,17,22-23H,7-12,16,18H2,1H3,(H2,27,28)(H,30,34)/t22-/m1/s1. The van der Waals surface area contributed by atoms with Crippen LogP contribution in [0.2, 0.25) is 0 Å². The number of benzene rings is 1. The molecule has 1 amide bonds. The molecule has 4 heterocycles. The fourth-order valence-corrected chi connectivity index (χ4v) is 6.01. The van der Waals surface area contributed by atoms with Crippen molar-refractivity contribution < 1.29 is 13.2 Å². The fraction of sp³-hybridized carbons (Fsp3) is 0.423. The molecule has 3 aromatic rings. The van der Waals surface area contributed by atoms with Crippen molar-refractivity contribution in [2.75, 3.05) is 38.2 Å². The first-order chi connectivity index (χ1) is 17.8. The number of hydrogen-bond donors (Lipinski definition) is 2. The number of rotatable bonds is 7. The second-order valence-electron chi connectivity index (χ2n) is 9.94. The number of likely N-dealkylation sites (tertiary alicyclic amines) is 1. The van der Waals surface area contributed by atoms with Crippen LogP contribution in [0.1, 0.15) is 41.2 Å². The normalized spacial score (nSPS) is 19.8. The summed E-state index contributed by atoms with van der Waals surface area (Å²) in [5, 5.41) is 7.64. The Balaban J connectivity index is 1.22. The van der Waals surface area contributed by atoms with Gasteiger partial charge in [0.2, 0.25) is 10.0 Å². The minimum absolute atomic E-state index is 0.0554. The topological polar surface area (TPSA) is 126 Å². The minimum Gasteiger partial charge on any atom is -0.383 e. The van der Waals surface area contributed by atoms with Crippen molar-refractivity contribution in [3.63, 3.8) is 0 Å². The highest BCUT2D eigenvalue weighted by Crippen LogP contribution is 2.27. The molecule has 196 valence electrons. The van der Waals surface area contributed by atoms with Crippen LogP contribution in [0.4, 0.5) is 5.82 Å². The molecule has 0 spiro atoms. The zero-order valence-corrected chi connectivity index (χ0v) is 21.8. The predicted octanol–water partition coefficient (Wildman–Crippen LogP) is 2.13. The first kappa shape index (κ1) is 25.4. The van der Waals surface area contributed by atoms with E-state index in [1.165, 1.54) is 16.1 Å². The molecule has 2 aliphatic heterocycles. The third kappa shape index (κ3) is 6.00. The number of anilines is 1. The maximum absolute atomic E-state index is 13.1. The van der Waals surface area contributed by atoms with Gasteiger partial charge in [-0.3, -0.25) is 14.4 Å². The van der Waals surface area contributed by atoms with Crippen LogP contribution in [0.5, 0.6) is 0 Å². The van der Waals surface area contributed by atoms with Gasteiger partial charge in [0.25, 0.3) is 5.91 Å². The summed E-state index contributed by atoms with van der Waals surface area (Å²) in [4.78, 5) is 19.7. The highest BCUT2D eigenvalue weighted by atomic mass is 32.2. The number of carbonyl (C=O) groups is 1. The first-order valence-electron chi connectivity index (χ1n) is 12.6. The Labute approximate surface area is 217 Å². The smallest absolute Gasteiger partial charge is 0.255 e. The predicted molar refractivity (Wildman–Crippen MR) is 142 cm³/mol. The van der Waals surface area contributed by atoms with Crippen molar-refractivity contribution >= 4 is 21.7 Å². The summed E-state index contributed by atoms with van der Waals surface area (Å²) >= 11 is 0. The summed E-state index contributed by atoms with van der Waals surface area (Å²) < 4.78 is 27.0. The maximum Gasteiger partial charge on any atom is 0.255 e. The third-order valence-corrected chi connectivity index (χ3v) is 8.52. The van der Waals surface area contributed by atoms with Gasteiger partial charge in [-0.1, -0.05) is 30.3 Å². The van der Waals surface area contributed by atoms with E-state index in [4.69, 9.17) is 5.73 Å². The zero-order valence-electron chi connectivity index (χ0n) is 21.0. The van der Waals surface area contributed by atoms with E-state index in [-0.39, 0.29) is 23.8 Å². The summed E-state index contributed by atoms with van der Waals surface area (Å²) in [5.74, 6) is -0.0279. The largest absolute Gasteiger partial charge is 0.383 e. The second-order valence-corrected chi connectivity index (χ2v) is 11.9. The average molecular weight is 524 g/mol. The van der Waals surface area contributed by atoms with Gasteiger partial charge >= 0.3 is 0 Å². The summed E-state index contributed by atoms with van der Waals surface area (Å²) in [6, 6.07) is 12.3. The van der Waals surface area contributed by atoms with Crippen molar-refractivity contribution in [3.05, 3.63) is 66.1 Å². The number of aromatic nitrogens is 3. The van der Waals surface area contributed by atoms with Crippen molar-refractivity contribution in [1.82, 2.24) is 29.3 Å². The van der Waals surface area contributed by atoms with Gasteiger partial charge in [0, 0.05) is 62.3 Å². The lowest BCUT2D eigenvalue weighted by Gasteiger charge is -2.30. The number of amides is 1. The molecule has 2 saturated heterocycles. The Morgan fingerprint density at radius 3 is 2.57 bits per heavy atom. The Morgan fingerprint density at radius 2 is 1.84 bits per heavy atom. The molecule has 0 radical (unpaired) electrons. The molecule has 0 bridgehead atoms. The summed E-state index contributed by atoms with van der Waals surface area (Å²) in [6.45, 7) is 3.55. The van der Waals surface area contributed by atoms with E-state index >= 15 is 0 Å². The maximum atomic E-state index is 13.1. The number of nitrogens with two attached hydrogens (primary N) is 1. The lowest BCUT2D eigenvalue weighted by Crippen LogP contribution is -2.38. The lowest BCUT2D eigenvalue weighted by molar-refractivity contribution is 0.0938. The molecule has 2 aromatic heterocycles. The van der Waals surface area contributed by atoms with E-state index < -0.39 is 10.0 Å². The first-order valence-corrected chi connectivity index (χ1v) is 14.4. The molecule has 11 heteroatoms. The van der Waals surface area contributed by atoms with Gasteiger partial charge in [0.1, 0.15) is 5.82 Å². The molecule has 3 N–H and O–H groups in total. The fourth-order valence-electron chi connectivity index (χ4n) is 5.14. The minimum atomic E-state index is -3.17. The quantitative estimate of drug-likeness (QED) is 0.486. The van der Waals surface area contributed by atoms with Gasteiger partial charge in [-0.25, -0.2) is 17.7 Å². The number of hydrogen-bond acceptors (Lipinski definition) is 7. The van der Waals surface area contributed by atoms with Crippen LogP contribution in [-0.2, 0) is 16.6 Å². The van der Waals surface area contributed by atoms with E-state index in [2.05, 4.69) is 32.4 Å². The van der Waals surface area contributed by atoms with E-state index in [1.807, 2.05) is 29.1 Å². The zero-order chi connectivity index (χ0) is 26.0. The number of nitrogens with one attached hydrogen (secondary N) is 1. The van der Waals surface area contributed by atoms with Crippen molar-refractivity contribution in [1.29, 1.82) is 0 Å². The second kappa shape index (κ2) is 10.6. The van der Waals surface area contributed by atoms with Crippen LogP contribution in [0.15, 0.2) is 55.0 Å². The molecule has 5 rings (SSSR count). The van der Waals surface area contributed by atoms with Crippen molar-refractivity contribution in [3.8, 4) is 11.1 Å². The molecule has 10 nitrogen and oxygen atoms in total. The Bertz CT molecular complexity index is 1350. The molecular formula is C26H33N7O3S. The third-order valence-electron chi connectivity index (χ3n) is 7.22. The van der Waals surface area contributed by atoms with E-state index in [1.54, 1.807) is 18.5 Å². The highest BCUT2D eigenvalue weighted by molar-refractivity contribution is 7.88. The summed E-state index contributed by atoms with van der Waals surface area (Å²) in [6.07, 6.45) is 8.85. The van der Waals surface area contributed by atoms with Crippen LogP contribution in [0, 0.1) is 0 Å². The van der Waals surface area contributed by atoms with Crippen molar-refractivity contribution in [2.45, 2.75) is 37.9 Å². The number of sulfonamides is 1. The monoisotopic (exact) mass is 523 g/mol. The van der Waals surface area contributed by atoms with Gasteiger partial charge < -0.3 is 11.1 Å². The van der Waals surface area contributed by atoms with Gasteiger partial charge in [0.15, 0.2) is 0 Å². The SMILES string of the molecule is CS(=O)(=O)N1CCC(n2cc(-c3cnc(N)c(C(=O)N[C@@H]4CCN(Cc5ccccc5)C4)c3)cn2)CC1. The Morgan fingerprint density at radius 1 is 1.08 bits per heavy atom. The number of pyridine rings is 1. The number of piperidine rings is 1. The van der Waals surface area contributed by atoms with Crippen LogP contribution < -0.4 is 11.1 Å². The van der Waals surface area contributed by atoms with Crippen molar-refractivity contribution in [2.24, 2.45) is 0 Å². The lowest BCUT2D eigenvalue weighted by atomic mass is 10.1. The van der Waals surface area contributed by atoms with Crippen LogP contribution in [0.25, 0.3) is 11.1 Å². The van der Waals surface area contributed by atoms with E-state index in [9.17, 15) is 13.2 Å². The van der Waals surface area contributed by atoms with E-state index in [0.29, 0.717) is 31.5 Å². The number of nitrogen functional groups attached to an aromatic ring is 1. The molecule has 2 fully saturated rings. The molecule has 0 unspecified atom stereocenters. The molecule has 37 heavy (non-hydrogen) atoms. The molecule has 1 atom stereocenters. The number of carbonyl (C=O) groups excluding carboxylic acids is 1. The van der Waals surface area contributed by atoms with Crippen LogP contribution in [-0.4, -0.2) is 76.8 Å².